The van der Waals surface area contributed by atoms with E-state index in [1.807, 2.05) is 0 Å². The van der Waals surface area contributed by atoms with Crippen LogP contribution in [0, 0.1) is 17.8 Å². The zero-order chi connectivity index (χ0) is 19.7. The van der Waals surface area contributed by atoms with E-state index in [1.165, 1.54) is 57.1 Å². The molecule has 0 amide bonds. The largest absolute Gasteiger partial charge is 0.335 e. The van der Waals surface area contributed by atoms with Crippen LogP contribution < -0.4 is 0 Å². The van der Waals surface area contributed by atoms with Gasteiger partial charge in [-0.25, -0.2) is 0 Å². The molecular formula is C23H32F4. The Bertz CT molecular complexity index is 586. The summed E-state index contributed by atoms with van der Waals surface area (Å²) in [6.45, 7) is 2.56. The molecule has 4 heteroatoms. The van der Waals surface area contributed by atoms with Gasteiger partial charge in [0.15, 0.2) is 0 Å². The van der Waals surface area contributed by atoms with E-state index in [0.717, 1.165) is 36.2 Å². The van der Waals surface area contributed by atoms with Crippen molar-refractivity contribution < 1.29 is 17.6 Å². The topological polar surface area (TPSA) is 0 Å². The van der Waals surface area contributed by atoms with Gasteiger partial charge in [0, 0.05) is 12.5 Å². The molecule has 0 aliphatic heterocycles. The summed E-state index contributed by atoms with van der Waals surface area (Å²) in [5.74, 6) is -5.21. The lowest BCUT2D eigenvalue weighted by Crippen LogP contribution is -2.34. The summed E-state index contributed by atoms with van der Waals surface area (Å²) in [5, 5.41) is 0. The molecule has 0 saturated heterocycles. The van der Waals surface area contributed by atoms with Crippen LogP contribution >= 0.6 is 0 Å². The van der Waals surface area contributed by atoms with Gasteiger partial charge in [0.25, 0.3) is 0 Å². The first kappa shape index (κ1) is 20.7. The molecule has 0 N–H and O–H groups in total. The molecule has 27 heavy (non-hydrogen) atoms. The first-order valence-corrected chi connectivity index (χ1v) is 10.6. The van der Waals surface area contributed by atoms with Crippen molar-refractivity contribution in [2.75, 3.05) is 0 Å². The third-order valence-electron chi connectivity index (χ3n) is 7.20. The van der Waals surface area contributed by atoms with Crippen molar-refractivity contribution in [1.29, 1.82) is 0 Å². The minimum Gasteiger partial charge on any atom is -0.200 e. The highest BCUT2D eigenvalue weighted by molar-refractivity contribution is 5.29. The molecule has 152 valence electrons. The van der Waals surface area contributed by atoms with Crippen LogP contribution in [0.15, 0.2) is 24.3 Å². The minimum atomic E-state index is -4.12. The molecule has 0 aromatic heterocycles. The van der Waals surface area contributed by atoms with Crippen LogP contribution in [-0.2, 0) is 5.92 Å². The van der Waals surface area contributed by atoms with E-state index in [-0.39, 0.29) is 6.92 Å². The first-order valence-electron chi connectivity index (χ1n) is 10.6. The molecule has 0 spiro atoms. The molecule has 2 fully saturated rings. The van der Waals surface area contributed by atoms with Gasteiger partial charge in [0.05, 0.1) is 0 Å². The van der Waals surface area contributed by atoms with Crippen LogP contribution in [0.4, 0.5) is 17.6 Å². The van der Waals surface area contributed by atoms with Gasteiger partial charge in [-0.15, -0.1) is 0 Å². The number of alkyl halides is 4. The third kappa shape index (κ3) is 4.51. The molecule has 0 bridgehead atoms. The van der Waals surface area contributed by atoms with Crippen LogP contribution in [0.1, 0.15) is 88.7 Å². The molecule has 2 saturated carbocycles. The maximum Gasteiger partial charge on any atom is 0.335 e. The van der Waals surface area contributed by atoms with Gasteiger partial charge in [-0.1, -0.05) is 50.5 Å². The van der Waals surface area contributed by atoms with E-state index in [9.17, 15) is 17.6 Å². The second kappa shape index (κ2) is 8.13. The van der Waals surface area contributed by atoms with E-state index in [4.69, 9.17) is 0 Å². The summed E-state index contributed by atoms with van der Waals surface area (Å²) in [6, 6.07) is 5.63. The van der Waals surface area contributed by atoms with Gasteiger partial charge >= 0.3 is 11.8 Å². The smallest absolute Gasteiger partial charge is 0.200 e. The highest BCUT2D eigenvalue weighted by Gasteiger charge is 2.53. The normalized spacial score (nSPS) is 30.3. The van der Waals surface area contributed by atoms with Crippen molar-refractivity contribution in [1.82, 2.24) is 0 Å². The number of hydrogen-bond donors (Lipinski definition) is 0. The van der Waals surface area contributed by atoms with Crippen molar-refractivity contribution in [3.63, 3.8) is 0 Å². The van der Waals surface area contributed by atoms with E-state index in [1.54, 1.807) is 12.1 Å². The summed E-state index contributed by atoms with van der Waals surface area (Å²) < 4.78 is 53.9. The fourth-order valence-corrected chi connectivity index (χ4v) is 5.21. The lowest BCUT2D eigenvalue weighted by atomic mass is 9.68. The van der Waals surface area contributed by atoms with Crippen LogP contribution in [0.2, 0.25) is 0 Å². The monoisotopic (exact) mass is 384 g/mol. The van der Waals surface area contributed by atoms with Gasteiger partial charge < -0.3 is 0 Å². The number of halogens is 4. The standard InChI is InChI=1S/C23H32F4/c1-3-16-4-6-17(7-5-16)18-8-10-19(11-9-18)20-12-14-21(15-13-20)23(26,27)22(2,24)25/h12-19H,3-11H2,1-2H3/t16-,17-,18?,19?. The molecule has 2 aliphatic rings. The van der Waals surface area contributed by atoms with Crippen molar-refractivity contribution in [2.45, 2.75) is 89.4 Å². The average Bonchev–Trinajstić information content (AvgIpc) is 2.67. The van der Waals surface area contributed by atoms with Gasteiger partial charge in [-0.3, -0.25) is 0 Å². The van der Waals surface area contributed by atoms with Gasteiger partial charge in [-0.05, 0) is 67.8 Å². The van der Waals surface area contributed by atoms with Crippen molar-refractivity contribution >= 4 is 0 Å². The predicted molar refractivity (Wildman–Crippen MR) is 101 cm³/mol. The lowest BCUT2D eigenvalue weighted by Gasteiger charge is -2.38. The van der Waals surface area contributed by atoms with Crippen molar-refractivity contribution in [2.24, 2.45) is 17.8 Å². The summed E-state index contributed by atoms with van der Waals surface area (Å²) >= 11 is 0. The Labute approximate surface area is 160 Å². The molecule has 2 aliphatic carbocycles. The fraction of sp³-hybridized carbons (Fsp3) is 0.739. The Balaban J connectivity index is 1.56. The Kier molecular flexibility index (Phi) is 6.22. The fourth-order valence-electron chi connectivity index (χ4n) is 5.21. The summed E-state index contributed by atoms with van der Waals surface area (Å²) in [4.78, 5) is 0. The van der Waals surface area contributed by atoms with Gasteiger partial charge in [0.2, 0.25) is 0 Å². The highest BCUT2D eigenvalue weighted by atomic mass is 19.3. The Hall–Kier alpha value is -1.06. The summed E-state index contributed by atoms with van der Waals surface area (Å²) in [6.07, 6.45) is 11.4. The minimum absolute atomic E-state index is 0.274. The first-order chi connectivity index (χ1) is 12.7. The zero-order valence-electron chi connectivity index (χ0n) is 16.5. The maximum atomic E-state index is 13.8. The summed E-state index contributed by atoms with van der Waals surface area (Å²) in [7, 11) is 0. The van der Waals surface area contributed by atoms with E-state index in [0.29, 0.717) is 5.92 Å². The van der Waals surface area contributed by atoms with Crippen LogP contribution in [0.3, 0.4) is 0 Å². The van der Waals surface area contributed by atoms with Crippen LogP contribution in [0.5, 0.6) is 0 Å². The van der Waals surface area contributed by atoms with Crippen LogP contribution in [-0.4, -0.2) is 5.92 Å². The molecule has 0 unspecified atom stereocenters. The van der Waals surface area contributed by atoms with Crippen LogP contribution in [0.25, 0.3) is 0 Å². The maximum absolute atomic E-state index is 13.8. The highest BCUT2D eigenvalue weighted by Crippen LogP contribution is 2.46. The molecule has 0 nitrogen and oxygen atoms in total. The molecule has 1 aromatic rings. The number of benzene rings is 1. The molecule has 1 aromatic carbocycles. The molecule has 0 heterocycles. The molecule has 3 rings (SSSR count). The number of rotatable bonds is 5. The Morgan fingerprint density at radius 2 is 1.26 bits per heavy atom. The van der Waals surface area contributed by atoms with Crippen molar-refractivity contribution in [3.8, 4) is 0 Å². The van der Waals surface area contributed by atoms with Gasteiger partial charge in [-0.2, -0.15) is 17.6 Å². The quantitative estimate of drug-likeness (QED) is 0.452. The molecular weight excluding hydrogens is 352 g/mol. The second-order valence-electron chi connectivity index (χ2n) is 8.89. The van der Waals surface area contributed by atoms with Gasteiger partial charge in [0.1, 0.15) is 0 Å². The molecule has 0 radical (unpaired) electrons. The molecule has 0 atom stereocenters. The zero-order valence-corrected chi connectivity index (χ0v) is 16.5. The van der Waals surface area contributed by atoms with E-state index in [2.05, 4.69) is 6.92 Å². The Morgan fingerprint density at radius 1 is 0.778 bits per heavy atom. The lowest BCUT2D eigenvalue weighted by molar-refractivity contribution is -0.204. The third-order valence-corrected chi connectivity index (χ3v) is 7.20. The number of hydrogen-bond acceptors (Lipinski definition) is 0. The SMILES string of the molecule is CC[C@H]1CC[C@H](C2CCC(c3ccc(C(F)(F)C(C)(F)F)cc3)CC2)CC1. The van der Waals surface area contributed by atoms with Crippen molar-refractivity contribution in [3.05, 3.63) is 35.4 Å². The average molecular weight is 385 g/mol. The predicted octanol–water partition coefficient (Wildman–Crippen LogP) is 7.92. The second-order valence-corrected chi connectivity index (χ2v) is 8.89. The Morgan fingerprint density at radius 3 is 1.70 bits per heavy atom. The van der Waals surface area contributed by atoms with E-state index >= 15 is 0 Å². The van der Waals surface area contributed by atoms with E-state index < -0.39 is 17.4 Å². The summed E-state index contributed by atoms with van der Waals surface area (Å²) in [5.41, 5.74) is 0.419.